The zero-order chi connectivity index (χ0) is 12.8. The second kappa shape index (κ2) is 6.40. The number of hydrogen-bond donors (Lipinski definition) is 2. The van der Waals surface area contributed by atoms with Gasteiger partial charge in [-0.25, -0.2) is 0 Å². The number of amides is 1. The quantitative estimate of drug-likeness (QED) is 0.778. The molecule has 0 unspecified atom stereocenters. The number of benzene rings is 1. The smallest absolute Gasteiger partial charge is 0.251 e. The van der Waals surface area contributed by atoms with Crippen LogP contribution in [0, 0.1) is 0 Å². The van der Waals surface area contributed by atoms with Crippen molar-refractivity contribution in [3.63, 3.8) is 0 Å². The van der Waals surface area contributed by atoms with Gasteiger partial charge < -0.3 is 15.3 Å². The SMILES string of the molecule is O=C(NCCCN1CCCC1)c1cccc(O)c1. The average Bonchev–Trinajstić information content (AvgIpc) is 2.87. The van der Waals surface area contributed by atoms with Gasteiger partial charge in [-0.3, -0.25) is 4.79 Å². The lowest BCUT2D eigenvalue weighted by atomic mass is 10.2. The molecule has 1 fully saturated rings. The Balaban J connectivity index is 1.68. The number of rotatable bonds is 5. The molecule has 0 radical (unpaired) electrons. The Labute approximate surface area is 108 Å². The lowest BCUT2D eigenvalue weighted by Gasteiger charge is -2.14. The normalized spacial score (nSPS) is 15.8. The summed E-state index contributed by atoms with van der Waals surface area (Å²) in [5, 5.41) is 12.2. The summed E-state index contributed by atoms with van der Waals surface area (Å²) in [4.78, 5) is 14.2. The van der Waals surface area contributed by atoms with Crippen LogP contribution >= 0.6 is 0 Å². The minimum absolute atomic E-state index is 0.118. The van der Waals surface area contributed by atoms with Crippen molar-refractivity contribution in [2.24, 2.45) is 0 Å². The molecule has 1 saturated heterocycles. The fourth-order valence-corrected chi connectivity index (χ4v) is 2.26. The lowest BCUT2D eigenvalue weighted by molar-refractivity contribution is 0.0951. The molecule has 0 spiro atoms. The highest BCUT2D eigenvalue weighted by Gasteiger charge is 2.10. The van der Waals surface area contributed by atoms with E-state index in [-0.39, 0.29) is 11.7 Å². The number of phenolic OH excluding ortho intramolecular Hbond substituents is 1. The van der Waals surface area contributed by atoms with E-state index in [4.69, 9.17) is 0 Å². The first-order valence-electron chi connectivity index (χ1n) is 6.55. The maximum atomic E-state index is 11.8. The highest BCUT2D eigenvalue weighted by molar-refractivity contribution is 5.94. The summed E-state index contributed by atoms with van der Waals surface area (Å²) in [5.41, 5.74) is 0.510. The molecule has 4 nitrogen and oxygen atoms in total. The van der Waals surface area contributed by atoms with E-state index in [1.165, 1.54) is 32.0 Å². The topological polar surface area (TPSA) is 52.6 Å². The Morgan fingerprint density at radius 1 is 1.33 bits per heavy atom. The van der Waals surface area contributed by atoms with E-state index in [9.17, 15) is 9.90 Å². The molecule has 1 amide bonds. The Kier molecular flexibility index (Phi) is 4.59. The summed E-state index contributed by atoms with van der Waals surface area (Å²) in [6, 6.07) is 6.42. The van der Waals surface area contributed by atoms with E-state index >= 15 is 0 Å². The summed E-state index contributed by atoms with van der Waals surface area (Å²) in [6.45, 7) is 4.13. The number of phenols is 1. The Bertz CT molecular complexity index is 401. The molecule has 0 bridgehead atoms. The standard InChI is InChI=1S/C14H20N2O2/c17-13-6-3-5-12(11-13)14(18)15-7-4-10-16-8-1-2-9-16/h3,5-6,11,17H,1-2,4,7-10H2,(H,15,18). The second-order valence-corrected chi connectivity index (χ2v) is 4.71. The maximum absolute atomic E-state index is 11.8. The largest absolute Gasteiger partial charge is 0.508 e. The lowest BCUT2D eigenvalue weighted by Crippen LogP contribution is -2.28. The maximum Gasteiger partial charge on any atom is 0.251 e. The first-order valence-corrected chi connectivity index (χ1v) is 6.55. The van der Waals surface area contributed by atoms with Crippen molar-refractivity contribution in [1.82, 2.24) is 10.2 Å². The molecule has 2 N–H and O–H groups in total. The van der Waals surface area contributed by atoms with E-state index < -0.39 is 0 Å². The van der Waals surface area contributed by atoms with Crippen molar-refractivity contribution in [2.75, 3.05) is 26.2 Å². The van der Waals surface area contributed by atoms with Crippen LogP contribution < -0.4 is 5.32 Å². The van der Waals surface area contributed by atoms with Gasteiger partial charge in [0.1, 0.15) is 5.75 Å². The van der Waals surface area contributed by atoms with Crippen molar-refractivity contribution >= 4 is 5.91 Å². The molecule has 1 heterocycles. The van der Waals surface area contributed by atoms with Crippen LogP contribution in [0.3, 0.4) is 0 Å². The van der Waals surface area contributed by atoms with Crippen LogP contribution in [0.25, 0.3) is 0 Å². The van der Waals surface area contributed by atoms with Crippen LogP contribution in [0.2, 0.25) is 0 Å². The van der Waals surface area contributed by atoms with Gasteiger partial charge in [-0.1, -0.05) is 6.07 Å². The minimum atomic E-state index is -0.118. The zero-order valence-corrected chi connectivity index (χ0v) is 10.6. The Hall–Kier alpha value is -1.55. The molecule has 1 aromatic rings. The fraction of sp³-hybridized carbons (Fsp3) is 0.500. The number of nitrogens with one attached hydrogen (secondary N) is 1. The van der Waals surface area contributed by atoms with Crippen molar-refractivity contribution in [3.05, 3.63) is 29.8 Å². The van der Waals surface area contributed by atoms with E-state index in [0.717, 1.165) is 13.0 Å². The summed E-state index contributed by atoms with van der Waals surface area (Å²) in [6.07, 6.45) is 3.58. The van der Waals surface area contributed by atoms with Crippen LogP contribution in [0.5, 0.6) is 5.75 Å². The van der Waals surface area contributed by atoms with Crippen molar-refractivity contribution in [1.29, 1.82) is 0 Å². The molecule has 4 heteroatoms. The predicted octanol–water partition coefficient (Wildman–Crippen LogP) is 1.61. The highest BCUT2D eigenvalue weighted by Crippen LogP contribution is 2.10. The fourth-order valence-electron chi connectivity index (χ4n) is 2.26. The number of aromatic hydroxyl groups is 1. The van der Waals surface area contributed by atoms with Crippen LogP contribution in [0.1, 0.15) is 29.6 Å². The summed E-state index contributed by atoms with van der Waals surface area (Å²) in [7, 11) is 0. The van der Waals surface area contributed by atoms with E-state index in [2.05, 4.69) is 10.2 Å². The molecule has 98 valence electrons. The molecular weight excluding hydrogens is 228 g/mol. The van der Waals surface area contributed by atoms with Gasteiger partial charge >= 0.3 is 0 Å². The second-order valence-electron chi connectivity index (χ2n) is 4.71. The third kappa shape index (κ3) is 3.74. The first-order chi connectivity index (χ1) is 8.75. The molecule has 0 atom stereocenters. The molecule has 18 heavy (non-hydrogen) atoms. The predicted molar refractivity (Wildman–Crippen MR) is 70.7 cm³/mol. The van der Waals surface area contributed by atoms with Gasteiger partial charge in [0, 0.05) is 12.1 Å². The molecule has 1 aliphatic rings. The van der Waals surface area contributed by atoms with Crippen molar-refractivity contribution in [3.8, 4) is 5.75 Å². The number of carbonyl (C=O) groups excluding carboxylic acids is 1. The molecule has 0 aliphatic carbocycles. The first kappa shape index (κ1) is 12.9. The van der Waals surface area contributed by atoms with Crippen molar-refractivity contribution in [2.45, 2.75) is 19.3 Å². The summed E-state index contributed by atoms with van der Waals surface area (Å²) >= 11 is 0. The highest BCUT2D eigenvalue weighted by atomic mass is 16.3. The molecule has 0 saturated carbocycles. The molecule has 1 aliphatic heterocycles. The van der Waals surface area contributed by atoms with Crippen LogP contribution in [0.15, 0.2) is 24.3 Å². The molecule has 1 aromatic carbocycles. The molecule has 0 aromatic heterocycles. The van der Waals surface area contributed by atoms with Gasteiger partial charge in [0.2, 0.25) is 0 Å². The van der Waals surface area contributed by atoms with Gasteiger partial charge in [0.15, 0.2) is 0 Å². The number of likely N-dealkylation sites (tertiary alicyclic amines) is 1. The van der Waals surface area contributed by atoms with Crippen LogP contribution in [-0.4, -0.2) is 42.1 Å². The van der Waals surface area contributed by atoms with Gasteiger partial charge in [0.25, 0.3) is 5.91 Å². The van der Waals surface area contributed by atoms with Crippen LogP contribution in [0.4, 0.5) is 0 Å². The number of carbonyl (C=O) groups is 1. The Morgan fingerprint density at radius 3 is 2.83 bits per heavy atom. The van der Waals surface area contributed by atoms with Gasteiger partial charge in [-0.05, 0) is 57.1 Å². The number of hydrogen-bond acceptors (Lipinski definition) is 3. The average molecular weight is 248 g/mol. The van der Waals surface area contributed by atoms with Gasteiger partial charge in [-0.2, -0.15) is 0 Å². The van der Waals surface area contributed by atoms with Gasteiger partial charge in [0.05, 0.1) is 0 Å². The van der Waals surface area contributed by atoms with Gasteiger partial charge in [-0.15, -0.1) is 0 Å². The van der Waals surface area contributed by atoms with Crippen molar-refractivity contribution < 1.29 is 9.90 Å². The minimum Gasteiger partial charge on any atom is -0.508 e. The van der Waals surface area contributed by atoms with E-state index in [1.807, 2.05) is 0 Å². The number of nitrogens with zero attached hydrogens (tertiary/aromatic N) is 1. The zero-order valence-electron chi connectivity index (χ0n) is 10.6. The van der Waals surface area contributed by atoms with Crippen LogP contribution in [-0.2, 0) is 0 Å². The molecule has 2 rings (SSSR count). The molecular formula is C14H20N2O2. The summed E-state index contributed by atoms with van der Waals surface area (Å²) in [5.74, 6) is 0.00652. The van der Waals surface area contributed by atoms with E-state index in [0.29, 0.717) is 12.1 Å². The summed E-state index contributed by atoms with van der Waals surface area (Å²) < 4.78 is 0. The Morgan fingerprint density at radius 2 is 2.11 bits per heavy atom. The third-order valence-electron chi connectivity index (χ3n) is 3.24. The van der Waals surface area contributed by atoms with E-state index in [1.54, 1.807) is 18.2 Å². The third-order valence-corrected chi connectivity index (χ3v) is 3.24. The monoisotopic (exact) mass is 248 g/mol.